The number of amides is 2. The van der Waals surface area contributed by atoms with Gasteiger partial charge in [-0.3, -0.25) is 18.7 Å². The van der Waals surface area contributed by atoms with E-state index in [1.807, 2.05) is 19.1 Å². The minimum Gasteiger partial charge on any atom is -0.349 e. The minimum absolute atomic E-state index is 0.0137. The predicted molar refractivity (Wildman–Crippen MR) is 126 cm³/mol. The third kappa shape index (κ3) is 4.75. The number of rotatable bonds is 6. The lowest BCUT2D eigenvalue weighted by molar-refractivity contribution is -0.129. The van der Waals surface area contributed by atoms with Gasteiger partial charge in [0, 0.05) is 18.0 Å². The first-order valence-electron chi connectivity index (χ1n) is 11.2. The van der Waals surface area contributed by atoms with Gasteiger partial charge in [-0.1, -0.05) is 29.8 Å². The van der Waals surface area contributed by atoms with E-state index in [0.717, 1.165) is 40.3 Å². The summed E-state index contributed by atoms with van der Waals surface area (Å²) >= 11 is 0. The van der Waals surface area contributed by atoms with Gasteiger partial charge in [-0.25, -0.2) is 8.42 Å². The third-order valence-corrected chi connectivity index (χ3v) is 8.03. The van der Waals surface area contributed by atoms with Crippen LogP contribution in [0, 0.1) is 6.92 Å². The number of nitrogens with one attached hydrogen (secondary N) is 2. The van der Waals surface area contributed by atoms with Gasteiger partial charge in [0.25, 0.3) is 10.0 Å². The zero-order chi connectivity index (χ0) is 24.5. The molecule has 0 unspecified atom stereocenters. The summed E-state index contributed by atoms with van der Waals surface area (Å²) in [5.41, 5.74) is 3.51. The molecule has 9 heteroatoms. The fourth-order valence-electron chi connectivity index (χ4n) is 4.38. The van der Waals surface area contributed by atoms with E-state index in [-0.39, 0.29) is 23.1 Å². The highest BCUT2D eigenvalue weighted by atomic mass is 32.2. The van der Waals surface area contributed by atoms with Crippen molar-refractivity contribution in [3.05, 3.63) is 77.1 Å². The highest BCUT2D eigenvalue weighted by Gasteiger charge is 2.37. The van der Waals surface area contributed by atoms with Crippen LogP contribution < -0.4 is 10.6 Å². The molecule has 0 aromatic heterocycles. The van der Waals surface area contributed by atoms with Gasteiger partial charge in [-0.15, -0.1) is 0 Å². The van der Waals surface area contributed by atoms with Crippen molar-refractivity contribution >= 4 is 27.6 Å². The molecular weight excluding hydrogens is 454 g/mol. The van der Waals surface area contributed by atoms with Crippen LogP contribution >= 0.6 is 0 Å². The van der Waals surface area contributed by atoms with Gasteiger partial charge in [0.2, 0.25) is 11.8 Å². The maximum absolute atomic E-state index is 13.2. The molecular formula is C25H27N3O5S. The van der Waals surface area contributed by atoms with Crippen molar-refractivity contribution in [2.45, 2.75) is 56.5 Å². The Balaban J connectivity index is 1.53. The summed E-state index contributed by atoms with van der Waals surface area (Å²) in [4.78, 5) is 37.3. The van der Waals surface area contributed by atoms with Gasteiger partial charge >= 0.3 is 0 Å². The molecule has 2 aromatic carbocycles. The van der Waals surface area contributed by atoms with Crippen molar-refractivity contribution in [2.24, 2.45) is 0 Å². The molecule has 8 nitrogen and oxygen atoms in total. The molecule has 4 rings (SSSR count). The number of carbonyl (C=O) groups excluding carboxylic acids is 3. The van der Waals surface area contributed by atoms with Crippen LogP contribution in [-0.4, -0.2) is 36.4 Å². The van der Waals surface area contributed by atoms with Crippen molar-refractivity contribution in [2.75, 3.05) is 0 Å². The van der Waals surface area contributed by atoms with Crippen LogP contribution in [0.1, 0.15) is 59.3 Å². The number of Topliss-reactive ketones (excluding diaryl/α,β-unsaturated/α-hetero) is 1. The molecule has 2 N–H and O–H groups in total. The number of sulfonamides is 1. The maximum atomic E-state index is 13.2. The van der Waals surface area contributed by atoms with Crippen molar-refractivity contribution in [1.82, 2.24) is 14.9 Å². The first-order chi connectivity index (χ1) is 16.2. The molecule has 1 heterocycles. The summed E-state index contributed by atoms with van der Waals surface area (Å²) in [7, 11) is -4.03. The molecule has 0 fully saturated rings. The first kappa shape index (κ1) is 23.7. The quantitative estimate of drug-likeness (QED) is 0.616. The van der Waals surface area contributed by atoms with E-state index in [1.54, 1.807) is 18.2 Å². The summed E-state index contributed by atoms with van der Waals surface area (Å²) in [6.07, 6.45) is 4.60. The average Bonchev–Trinajstić information content (AvgIpc) is 2.80. The van der Waals surface area contributed by atoms with Crippen LogP contribution in [0.25, 0.3) is 0 Å². The van der Waals surface area contributed by atoms with Crippen molar-refractivity contribution in [3.8, 4) is 0 Å². The van der Waals surface area contributed by atoms with Crippen LogP contribution in [-0.2, 0) is 26.0 Å². The monoisotopic (exact) mass is 481 g/mol. The maximum Gasteiger partial charge on any atom is 0.264 e. The smallest absolute Gasteiger partial charge is 0.264 e. The van der Waals surface area contributed by atoms with Gasteiger partial charge < -0.3 is 10.6 Å². The van der Waals surface area contributed by atoms with Crippen LogP contribution in [0.2, 0.25) is 0 Å². The number of carbonyl (C=O) groups is 3. The molecule has 1 aliphatic heterocycles. The molecule has 0 radical (unpaired) electrons. The van der Waals surface area contributed by atoms with Crippen molar-refractivity contribution < 1.29 is 22.8 Å². The first-order valence-corrected chi connectivity index (χ1v) is 12.6. The van der Waals surface area contributed by atoms with Gasteiger partial charge in [-0.05, 0) is 62.4 Å². The molecule has 0 saturated carbocycles. The summed E-state index contributed by atoms with van der Waals surface area (Å²) in [6, 6.07) is 10.3. The zero-order valence-corrected chi connectivity index (χ0v) is 19.9. The Labute approximate surface area is 199 Å². The van der Waals surface area contributed by atoms with Crippen LogP contribution in [0.4, 0.5) is 0 Å². The fraction of sp³-hybridized carbons (Fsp3) is 0.320. The number of ketones is 1. The van der Waals surface area contributed by atoms with Gasteiger partial charge in [-0.2, -0.15) is 0 Å². The van der Waals surface area contributed by atoms with Crippen LogP contribution in [0.5, 0.6) is 0 Å². The Hall–Kier alpha value is -3.46. The molecule has 2 amide bonds. The Morgan fingerprint density at radius 3 is 2.59 bits per heavy atom. The molecule has 2 atom stereocenters. The molecule has 0 bridgehead atoms. The standard InChI is InChI=1S/C25H27N3O5S/c1-16-6-9-20(10-7-16)34(32,33)28-13-12-26-25(31)23(28)15-24(30)27-22-5-3-4-19-14-18(17(2)29)8-11-21(19)22/h6-14,22-23H,3-5,15H2,1-2H3,(H,26,31)(H,27,30)/t22-,23-/m1/s1. The Kier molecular flexibility index (Phi) is 6.56. The second-order valence-electron chi connectivity index (χ2n) is 8.67. The third-order valence-electron chi connectivity index (χ3n) is 6.23. The Morgan fingerprint density at radius 2 is 1.88 bits per heavy atom. The largest absolute Gasteiger partial charge is 0.349 e. The lowest BCUT2D eigenvalue weighted by Crippen LogP contribution is -2.51. The molecule has 178 valence electrons. The molecule has 2 aliphatic rings. The second-order valence-corrected chi connectivity index (χ2v) is 10.5. The molecule has 0 spiro atoms. The van der Waals surface area contributed by atoms with E-state index in [0.29, 0.717) is 5.56 Å². The topological polar surface area (TPSA) is 113 Å². The van der Waals surface area contributed by atoms with Gasteiger partial charge in [0.15, 0.2) is 5.78 Å². The van der Waals surface area contributed by atoms with Crippen LogP contribution in [0.15, 0.2) is 59.8 Å². The minimum atomic E-state index is -4.03. The van der Waals surface area contributed by atoms with E-state index in [2.05, 4.69) is 10.6 Å². The molecule has 2 aromatic rings. The van der Waals surface area contributed by atoms with E-state index >= 15 is 0 Å². The number of nitrogens with zero attached hydrogens (tertiary/aromatic N) is 1. The molecule has 1 aliphatic carbocycles. The van der Waals surface area contributed by atoms with Crippen molar-refractivity contribution in [3.63, 3.8) is 0 Å². The lowest BCUT2D eigenvalue weighted by Gasteiger charge is -2.32. The number of benzene rings is 2. The average molecular weight is 482 g/mol. The SMILES string of the molecule is CC(=O)c1ccc2c(c1)CCC[C@H]2NC(=O)C[C@@H]1C(=O)NC=CN1S(=O)(=O)c1ccc(C)cc1. The summed E-state index contributed by atoms with van der Waals surface area (Å²) in [5.74, 6) is -1.00. The van der Waals surface area contributed by atoms with E-state index in [1.165, 1.54) is 31.5 Å². The van der Waals surface area contributed by atoms with Gasteiger partial charge in [0.05, 0.1) is 17.4 Å². The van der Waals surface area contributed by atoms with Crippen LogP contribution in [0.3, 0.4) is 0 Å². The zero-order valence-electron chi connectivity index (χ0n) is 19.1. The van der Waals surface area contributed by atoms with E-state index < -0.39 is 27.9 Å². The molecule has 0 saturated heterocycles. The number of fused-ring (bicyclic) bond motifs is 1. The fourth-order valence-corrected chi connectivity index (χ4v) is 5.83. The number of aryl methyl sites for hydroxylation is 2. The van der Waals surface area contributed by atoms with Gasteiger partial charge in [0.1, 0.15) is 6.04 Å². The van der Waals surface area contributed by atoms with E-state index in [9.17, 15) is 22.8 Å². The summed E-state index contributed by atoms with van der Waals surface area (Å²) in [5, 5.41) is 5.46. The Morgan fingerprint density at radius 1 is 1.15 bits per heavy atom. The highest BCUT2D eigenvalue weighted by molar-refractivity contribution is 7.89. The lowest BCUT2D eigenvalue weighted by atomic mass is 9.86. The molecule has 34 heavy (non-hydrogen) atoms. The van der Waals surface area contributed by atoms with E-state index in [4.69, 9.17) is 0 Å². The highest BCUT2D eigenvalue weighted by Crippen LogP contribution is 2.31. The normalized spacial score (nSPS) is 19.8. The Bertz CT molecular complexity index is 1270. The van der Waals surface area contributed by atoms with Crippen molar-refractivity contribution in [1.29, 1.82) is 0 Å². The summed E-state index contributed by atoms with van der Waals surface area (Å²) in [6.45, 7) is 3.37. The second kappa shape index (κ2) is 9.42. The number of hydrogen-bond donors (Lipinski definition) is 2. The predicted octanol–water partition coefficient (Wildman–Crippen LogP) is 2.74. The number of hydrogen-bond acceptors (Lipinski definition) is 5. The summed E-state index contributed by atoms with van der Waals surface area (Å²) < 4.78 is 27.4.